The van der Waals surface area contributed by atoms with Crippen molar-refractivity contribution in [2.45, 2.75) is 13.5 Å². The van der Waals surface area contributed by atoms with Crippen LogP contribution in [0.25, 0.3) is 10.4 Å². The average molecular weight is 208 g/mol. The van der Waals surface area contributed by atoms with Gasteiger partial charge in [-0.1, -0.05) is 11.3 Å². The van der Waals surface area contributed by atoms with Crippen LogP contribution in [-0.2, 0) is 6.54 Å². The fourth-order valence-corrected chi connectivity index (χ4v) is 1.93. The topological polar surface area (TPSA) is 42.7 Å². The molecule has 0 aliphatic heterocycles. The summed E-state index contributed by atoms with van der Waals surface area (Å²) in [6, 6.07) is 0. The Balaban J connectivity index is 2.29. The van der Waals surface area contributed by atoms with Gasteiger partial charge in [-0.3, -0.25) is 4.68 Å². The number of thiazole rings is 1. The van der Waals surface area contributed by atoms with E-state index in [4.69, 9.17) is 0 Å². The molecule has 2 rings (SSSR count). The van der Waals surface area contributed by atoms with E-state index in [-0.39, 0.29) is 0 Å². The van der Waals surface area contributed by atoms with Crippen molar-refractivity contribution in [2.24, 2.45) is 0 Å². The van der Waals surface area contributed by atoms with E-state index in [2.05, 4.69) is 22.3 Å². The maximum atomic E-state index is 4.22. The van der Waals surface area contributed by atoms with Crippen LogP contribution in [0.15, 0.2) is 18.6 Å². The van der Waals surface area contributed by atoms with Gasteiger partial charge in [0.05, 0.1) is 11.1 Å². The van der Waals surface area contributed by atoms with Crippen LogP contribution in [0.2, 0.25) is 0 Å². The van der Waals surface area contributed by atoms with Crippen molar-refractivity contribution in [3.63, 3.8) is 0 Å². The quantitative estimate of drug-likeness (QED) is 0.839. The number of anilines is 1. The maximum absolute atomic E-state index is 4.22. The van der Waals surface area contributed by atoms with Crippen molar-refractivity contribution in [3.05, 3.63) is 18.6 Å². The average Bonchev–Trinajstić information content (AvgIpc) is 2.86. The predicted octanol–water partition coefficient (Wildman–Crippen LogP) is 2.07. The monoisotopic (exact) mass is 208 g/mol. The molecule has 0 saturated carbocycles. The van der Waals surface area contributed by atoms with Gasteiger partial charge < -0.3 is 5.32 Å². The number of nitrogens with one attached hydrogen (secondary N) is 1. The van der Waals surface area contributed by atoms with Gasteiger partial charge >= 0.3 is 0 Å². The molecule has 0 bridgehead atoms. The largest absolute Gasteiger partial charge is 0.365 e. The first-order valence-corrected chi connectivity index (χ1v) is 5.31. The van der Waals surface area contributed by atoms with E-state index in [1.807, 2.05) is 30.3 Å². The maximum Gasteiger partial charge on any atom is 0.182 e. The fourth-order valence-electron chi connectivity index (χ4n) is 1.19. The van der Waals surface area contributed by atoms with E-state index in [1.54, 1.807) is 11.3 Å². The van der Waals surface area contributed by atoms with Gasteiger partial charge in [0, 0.05) is 31.5 Å². The number of rotatable bonds is 3. The van der Waals surface area contributed by atoms with Crippen molar-refractivity contribution in [1.29, 1.82) is 0 Å². The van der Waals surface area contributed by atoms with E-state index in [0.717, 1.165) is 22.1 Å². The molecule has 4 nitrogen and oxygen atoms in total. The molecule has 74 valence electrons. The lowest BCUT2D eigenvalue weighted by Gasteiger charge is -1.90. The zero-order valence-corrected chi connectivity index (χ0v) is 9.01. The van der Waals surface area contributed by atoms with E-state index >= 15 is 0 Å². The Morgan fingerprint density at radius 2 is 2.36 bits per heavy atom. The van der Waals surface area contributed by atoms with Crippen LogP contribution in [0.3, 0.4) is 0 Å². The Morgan fingerprint density at radius 3 is 2.93 bits per heavy atom. The minimum Gasteiger partial charge on any atom is -0.365 e. The first kappa shape index (κ1) is 9.21. The minimum atomic E-state index is 0.900. The molecule has 0 amide bonds. The van der Waals surface area contributed by atoms with Crippen LogP contribution < -0.4 is 5.32 Å². The van der Waals surface area contributed by atoms with Crippen molar-refractivity contribution >= 4 is 16.5 Å². The van der Waals surface area contributed by atoms with Gasteiger partial charge in [0.15, 0.2) is 5.13 Å². The Kier molecular flexibility index (Phi) is 2.49. The molecule has 0 atom stereocenters. The Hall–Kier alpha value is -1.36. The normalized spacial score (nSPS) is 10.4. The van der Waals surface area contributed by atoms with E-state index < -0.39 is 0 Å². The Labute approximate surface area is 86.6 Å². The molecule has 0 aliphatic carbocycles. The van der Waals surface area contributed by atoms with Gasteiger partial charge in [0.25, 0.3) is 0 Å². The van der Waals surface area contributed by atoms with Gasteiger partial charge in [-0.15, -0.1) is 0 Å². The summed E-state index contributed by atoms with van der Waals surface area (Å²) >= 11 is 1.63. The highest BCUT2D eigenvalue weighted by Gasteiger charge is 2.04. The third-order valence-electron chi connectivity index (χ3n) is 1.96. The first-order chi connectivity index (χ1) is 6.83. The van der Waals surface area contributed by atoms with Crippen molar-refractivity contribution in [3.8, 4) is 10.4 Å². The lowest BCUT2D eigenvalue weighted by atomic mass is 10.3. The third-order valence-corrected chi connectivity index (χ3v) is 3.03. The number of hydrogen-bond acceptors (Lipinski definition) is 4. The summed E-state index contributed by atoms with van der Waals surface area (Å²) in [5.41, 5.74) is 1.13. The summed E-state index contributed by atoms with van der Waals surface area (Å²) in [5, 5.41) is 8.17. The molecule has 2 aromatic heterocycles. The molecule has 0 unspecified atom stereocenters. The molecule has 1 N–H and O–H groups in total. The highest BCUT2D eigenvalue weighted by molar-refractivity contribution is 7.18. The van der Waals surface area contributed by atoms with Crippen LogP contribution in [0.4, 0.5) is 5.13 Å². The molecule has 0 fully saturated rings. The first-order valence-electron chi connectivity index (χ1n) is 4.50. The molecule has 0 spiro atoms. The predicted molar refractivity (Wildman–Crippen MR) is 58.6 cm³/mol. The molecular formula is C9H12N4S. The lowest BCUT2D eigenvalue weighted by molar-refractivity contribution is 0.660. The Morgan fingerprint density at radius 1 is 1.50 bits per heavy atom. The lowest BCUT2D eigenvalue weighted by Crippen LogP contribution is -1.91. The number of aromatic nitrogens is 3. The summed E-state index contributed by atoms with van der Waals surface area (Å²) in [7, 11) is 1.87. The SMILES string of the molecule is CCn1cc(-c2cnc(NC)s2)cn1. The molecule has 0 aliphatic rings. The summed E-state index contributed by atoms with van der Waals surface area (Å²) in [5.74, 6) is 0. The minimum absolute atomic E-state index is 0.900. The van der Waals surface area contributed by atoms with Crippen LogP contribution in [0, 0.1) is 0 Å². The number of nitrogens with zero attached hydrogens (tertiary/aromatic N) is 3. The van der Waals surface area contributed by atoms with Crippen LogP contribution in [0.5, 0.6) is 0 Å². The second-order valence-corrected chi connectivity index (χ2v) is 3.90. The number of aryl methyl sites for hydroxylation is 1. The number of hydrogen-bond donors (Lipinski definition) is 1. The molecule has 14 heavy (non-hydrogen) atoms. The van der Waals surface area contributed by atoms with E-state index in [1.165, 1.54) is 0 Å². The van der Waals surface area contributed by atoms with Crippen LogP contribution >= 0.6 is 11.3 Å². The molecule has 0 aromatic carbocycles. The second-order valence-electron chi connectivity index (χ2n) is 2.86. The molecular weight excluding hydrogens is 196 g/mol. The van der Waals surface area contributed by atoms with Crippen molar-refractivity contribution in [1.82, 2.24) is 14.8 Å². The highest BCUT2D eigenvalue weighted by Crippen LogP contribution is 2.27. The van der Waals surface area contributed by atoms with Gasteiger partial charge in [-0.2, -0.15) is 5.10 Å². The summed E-state index contributed by atoms with van der Waals surface area (Å²) in [6.07, 6.45) is 5.77. The molecule has 2 heterocycles. The van der Waals surface area contributed by atoms with Gasteiger partial charge in [0.2, 0.25) is 0 Å². The standard InChI is InChI=1S/C9H12N4S/c1-3-13-6-7(4-12-13)8-5-11-9(10-2)14-8/h4-6H,3H2,1-2H3,(H,10,11). The smallest absolute Gasteiger partial charge is 0.182 e. The Bertz CT molecular complexity index is 378. The third kappa shape index (κ3) is 1.63. The zero-order valence-electron chi connectivity index (χ0n) is 8.19. The van der Waals surface area contributed by atoms with Gasteiger partial charge in [0.1, 0.15) is 0 Å². The fraction of sp³-hybridized carbons (Fsp3) is 0.333. The van der Waals surface area contributed by atoms with Gasteiger partial charge in [-0.05, 0) is 6.92 Å². The summed E-state index contributed by atoms with van der Waals surface area (Å²) in [6.45, 7) is 2.97. The van der Waals surface area contributed by atoms with Crippen LogP contribution in [0.1, 0.15) is 6.92 Å². The molecule has 5 heteroatoms. The van der Waals surface area contributed by atoms with E-state index in [0.29, 0.717) is 0 Å². The summed E-state index contributed by atoms with van der Waals surface area (Å²) < 4.78 is 1.91. The second kappa shape index (κ2) is 3.79. The van der Waals surface area contributed by atoms with Crippen LogP contribution in [-0.4, -0.2) is 21.8 Å². The zero-order chi connectivity index (χ0) is 9.97. The molecule has 0 radical (unpaired) electrons. The highest BCUT2D eigenvalue weighted by atomic mass is 32.1. The molecule has 2 aromatic rings. The van der Waals surface area contributed by atoms with Crippen molar-refractivity contribution < 1.29 is 0 Å². The molecule has 0 saturated heterocycles. The summed E-state index contributed by atoms with van der Waals surface area (Å²) in [4.78, 5) is 5.36. The van der Waals surface area contributed by atoms with E-state index in [9.17, 15) is 0 Å². The van der Waals surface area contributed by atoms with Crippen molar-refractivity contribution in [2.75, 3.05) is 12.4 Å². The van der Waals surface area contributed by atoms with Gasteiger partial charge in [-0.25, -0.2) is 4.98 Å².